The van der Waals surface area contributed by atoms with Crippen LogP contribution in [0.15, 0.2) is 18.2 Å². The standard InChI is InChI=1S/C15H20F2N2O/c1-10-3-2-6-18-14(10)8-15(20)19-9-11-7-12(16)4-5-13(11)17/h4-5,7,10,14,18H,2-3,6,8-9H2,1H3,(H,19,20). The van der Waals surface area contributed by atoms with Crippen LogP contribution in [-0.2, 0) is 11.3 Å². The van der Waals surface area contributed by atoms with Gasteiger partial charge in [0.05, 0.1) is 0 Å². The second kappa shape index (κ2) is 6.79. The van der Waals surface area contributed by atoms with Crippen LogP contribution in [0.4, 0.5) is 8.78 Å². The second-order valence-electron chi connectivity index (χ2n) is 5.40. The minimum absolute atomic E-state index is 0.0174. The molecule has 1 fully saturated rings. The molecule has 2 rings (SSSR count). The fourth-order valence-corrected chi connectivity index (χ4v) is 2.53. The van der Waals surface area contributed by atoms with Gasteiger partial charge < -0.3 is 10.6 Å². The van der Waals surface area contributed by atoms with Crippen molar-refractivity contribution >= 4 is 5.91 Å². The summed E-state index contributed by atoms with van der Waals surface area (Å²) in [5.74, 6) is -0.686. The highest BCUT2D eigenvalue weighted by molar-refractivity contribution is 5.76. The zero-order valence-electron chi connectivity index (χ0n) is 11.6. The van der Waals surface area contributed by atoms with Crippen LogP contribution in [0.25, 0.3) is 0 Å². The highest BCUT2D eigenvalue weighted by Gasteiger charge is 2.23. The molecule has 0 spiro atoms. The third kappa shape index (κ3) is 4.00. The molecule has 1 aliphatic heterocycles. The lowest BCUT2D eigenvalue weighted by Gasteiger charge is -2.29. The number of benzene rings is 1. The number of hydrogen-bond acceptors (Lipinski definition) is 2. The number of halogens is 2. The predicted octanol–water partition coefficient (Wildman–Crippen LogP) is 2.36. The molecule has 1 aromatic carbocycles. The summed E-state index contributed by atoms with van der Waals surface area (Å²) >= 11 is 0. The lowest BCUT2D eigenvalue weighted by atomic mass is 9.90. The highest BCUT2D eigenvalue weighted by Crippen LogP contribution is 2.18. The maximum atomic E-state index is 13.4. The van der Waals surface area contributed by atoms with Gasteiger partial charge in [-0.2, -0.15) is 0 Å². The first-order chi connectivity index (χ1) is 9.56. The predicted molar refractivity (Wildman–Crippen MR) is 73.0 cm³/mol. The third-order valence-corrected chi connectivity index (χ3v) is 3.82. The molecule has 20 heavy (non-hydrogen) atoms. The molecule has 2 atom stereocenters. The van der Waals surface area contributed by atoms with Crippen LogP contribution >= 0.6 is 0 Å². The number of piperidine rings is 1. The van der Waals surface area contributed by atoms with E-state index in [0.717, 1.165) is 37.6 Å². The summed E-state index contributed by atoms with van der Waals surface area (Å²) in [5, 5.41) is 5.97. The van der Waals surface area contributed by atoms with Crippen molar-refractivity contribution in [3.05, 3.63) is 35.4 Å². The molecule has 0 aromatic heterocycles. The SMILES string of the molecule is CC1CCCNC1CC(=O)NCc1cc(F)ccc1F. The zero-order valence-corrected chi connectivity index (χ0v) is 11.6. The normalized spacial score (nSPS) is 22.6. The van der Waals surface area contributed by atoms with Crippen molar-refractivity contribution in [2.24, 2.45) is 5.92 Å². The lowest BCUT2D eigenvalue weighted by molar-refractivity contribution is -0.122. The van der Waals surface area contributed by atoms with Gasteiger partial charge in [-0.15, -0.1) is 0 Å². The molecular weight excluding hydrogens is 262 g/mol. The summed E-state index contributed by atoms with van der Waals surface area (Å²) in [6.45, 7) is 3.07. The van der Waals surface area contributed by atoms with Gasteiger partial charge in [0, 0.05) is 24.6 Å². The third-order valence-electron chi connectivity index (χ3n) is 3.82. The largest absolute Gasteiger partial charge is 0.352 e. The molecule has 1 saturated heterocycles. The Labute approximate surface area is 117 Å². The Morgan fingerprint density at radius 2 is 2.25 bits per heavy atom. The molecule has 0 bridgehead atoms. The molecule has 2 unspecified atom stereocenters. The van der Waals surface area contributed by atoms with E-state index < -0.39 is 11.6 Å². The Morgan fingerprint density at radius 1 is 1.45 bits per heavy atom. The van der Waals surface area contributed by atoms with Crippen molar-refractivity contribution in [2.75, 3.05) is 6.54 Å². The van der Waals surface area contributed by atoms with Gasteiger partial charge in [-0.25, -0.2) is 8.78 Å². The number of nitrogens with one attached hydrogen (secondary N) is 2. The maximum Gasteiger partial charge on any atom is 0.221 e. The Kier molecular flexibility index (Phi) is 5.06. The van der Waals surface area contributed by atoms with E-state index in [1.165, 1.54) is 0 Å². The Morgan fingerprint density at radius 3 is 3.00 bits per heavy atom. The molecule has 1 aromatic rings. The van der Waals surface area contributed by atoms with Crippen molar-refractivity contribution in [2.45, 2.75) is 38.8 Å². The van der Waals surface area contributed by atoms with Crippen molar-refractivity contribution in [1.82, 2.24) is 10.6 Å². The molecule has 1 aliphatic rings. The van der Waals surface area contributed by atoms with Crippen molar-refractivity contribution in [1.29, 1.82) is 0 Å². The van der Waals surface area contributed by atoms with Gasteiger partial charge >= 0.3 is 0 Å². The van der Waals surface area contributed by atoms with Crippen molar-refractivity contribution < 1.29 is 13.6 Å². The Hall–Kier alpha value is -1.49. The molecule has 1 amide bonds. The van der Waals surface area contributed by atoms with Gasteiger partial charge in [-0.1, -0.05) is 6.92 Å². The van der Waals surface area contributed by atoms with Crippen LogP contribution < -0.4 is 10.6 Å². The Bertz CT molecular complexity index is 479. The van der Waals surface area contributed by atoms with E-state index in [9.17, 15) is 13.6 Å². The van der Waals surface area contributed by atoms with Crippen LogP contribution in [0.3, 0.4) is 0 Å². The molecule has 2 N–H and O–H groups in total. The molecule has 5 heteroatoms. The number of carbonyl (C=O) groups is 1. The molecular formula is C15H20F2N2O. The summed E-state index contributed by atoms with van der Waals surface area (Å²) < 4.78 is 26.4. The summed E-state index contributed by atoms with van der Waals surface area (Å²) in [6.07, 6.45) is 2.62. The molecule has 0 aliphatic carbocycles. The van der Waals surface area contributed by atoms with E-state index in [1.54, 1.807) is 0 Å². The van der Waals surface area contributed by atoms with Crippen molar-refractivity contribution in [3.8, 4) is 0 Å². The minimum Gasteiger partial charge on any atom is -0.352 e. The van der Waals surface area contributed by atoms with Gasteiger partial charge in [-0.05, 0) is 43.5 Å². The maximum absolute atomic E-state index is 13.4. The van der Waals surface area contributed by atoms with E-state index in [1.807, 2.05) is 0 Å². The average Bonchev–Trinajstić information content (AvgIpc) is 2.42. The molecule has 3 nitrogen and oxygen atoms in total. The second-order valence-corrected chi connectivity index (χ2v) is 5.40. The number of carbonyl (C=O) groups excluding carboxylic acids is 1. The van der Waals surface area contributed by atoms with Crippen LogP contribution in [0.2, 0.25) is 0 Å². The smallest absolute Gasteiger partial charge is 0.221 e. The topological polar surface area (TPSA) is 41.1 Å². The first-order valence-corrected chi connectivity index (χ1v) is 7.00. The number of amides is 1. The summed E-state index contributed by atoms with van der Waals surface area (Å²) in [4.78, 5) is 11.9. The van der Waals surface area contributed by atoms with Crippen LogP contribution in [0.5, 0.6) is 0 Å². The zero-order chi connectivity index (χ0) is 14.5. The van der Waals surface area contributed by atoms with E-state index >= 15 is 0 Å². The van der Waals surface area contributed by atoms with Gasteiger partial charge in [0.15, 0.2) is 0 Å². The van der Waals surface area contributed by atoms with Gasteiger partial charge in [0.25, 0.3) is 0 Å². The first kappa shape index (κ1) is 14.9. The van der Waals surface area contributed by atoms with Crippen LogP contribution in [-0.4, -0.2) is 18.5 Å². The first-order valence-electron chi connectivity index (χ1n) is 7.00. The van der Waals surface area contributed by atoms with Crippen LogP contribution in [0.1, 0.15) is 31.7 Å². The molecule has 110 valence electrons. The molecule has 0 radical (unpaired) electrons. The van der Waals surface area contributed by atoms with Gasteiger partial charge in [0.2, 0.25) is 5.91 Å². The molecule has 0 saturated carbocycles. The van der Waals surface area contributed by atoms with Crippen molar-refractivity contribution in [3.63, 3.8) is 0 Å². The summed E-state index contributed by atoms with van der Waals surface area (Å²) in [6, 6.07) is 3.41. The van der Waals surface area contributed by atoms with E-state index in [-0.39, 0.29) is 24.1 Å². The fraction of sp³-hybridized carbons (Fsp3) is 0.533. The summed E-state index contributed by atoms with van der Waals surface area (Å²) in [7, 11) is 0. The van der Waals surface area contributed by atoms with E-state index in [0.29, 0.717) is 12.3 Å². The Balaban J connectivity index is 1.84. The average molecular weight is 282 g/mol. The van der Waals surface area contributed by atoms with E-state index in [2.05, 4.69) is 17.6 Å². The van der Waals surface area contributed by atoms with Gasteiger partial charge in [0.1, 0.15) is 11.6 Å². The summed E-state index contributed by atoms with van der Waals surface area (Å²) in [5.41, 5.74) is 0.169. The lowest BCUT2D eigenvalue weighted by Crippen LogP contribution is -2.43. The number of hydrogen-bond donors (Lipinski definition) is 2. The monoisotopic (exact) mass is 282 g/mol. The van der Waals surface area contributed by atoms with E-state index in [4.69, 9.17) is 0 Å². The minimum atomic E-state index is -0.504. The molecule has 1 heterocycles. The fourth-order valence-electron chi connectivity index (χ4n) is 2.53. The van der Waals surface area contributed by atoms with Gasteiger partial charge in [-0.3, -0.25) is 4.79 Å². The quantitative estimate of drug-likeness (QED) is 0.890. The number of rotatable bonds is 4. The highest BCUT2D eigenvalue weighted by atomic mass is 19.1. The van der Waals surface area contributed by atoms with Crippen LogP contribution in [0, 0.1) is 17.6 Å².